The van der Waals surface area contributed by atoms with E-state index in [2.05, 4.69) is 24.6 Å². The van der Waals surface area contributed by atoms with Gasteiger partial charge in [-0.15, -0.1) is 0 Å². The summed E-state index contributed by atoms with van der Waals surface area (Å²) in [6, 6.07) is 19.8. The molecule has 0 aliphatic carbocycles. The van der Waals surface area contributed by atoms with E-state index < -0.39 is 21.3 Å². The van der Waals surface area contributed by atoms with Crippen molar-refractivity contribution in [3.63, 3.8) is 0 Å². The zero-order chi connectivity index (χ0) is 27.6. The van der Waals surface area contributed by atoms with Gasteiger partial charge in [0.1, 0.15) is 19.6 Å². The van der Waals surface area contributed by atoms with Crippen LogP contribution < -0.4 is 19.2 Å². The number of carbonyl (C=O) groups is 2. The fourth-order valence-electron chi connectivity index (χ4n) is 5.57. The normalized spacial score (nSPS) is 15.8. The van der Waals surface area contributed by atoms with Crippen molar-refractivity contribution in [1.29, 1.82) is 0 Å². The van der Waals surface area contributed by atoms with Crippen LogP contribution in [0.1, 0.15) is 31.8 Å². The molecule has 8 heteroatoms. The number of ketones is 2. The number of phenolic OH excluding ortho intramolecular Hbond substituents is 4. The number of rotatable bonds is 0. The van der Waals surface area contributed by atoms with Gasteiger partial charge in [-0.2, -0.15) is 0 Å². The number of carbonyl (C=O) groups excluding carboxylic acids is 2. The predicted octanol–water partition coefficient (Wildman–Crippen LogP) is 2.93. The Kier molecular flexibility index (Phi) is 6.04. The number of fused-ring (bicyclic) bond motifs is 4. The fraction of sp³-hybridized carbons (Fsp3) is 0.133. The van der Waals surface area contributed by atoms with Crippen LogP contribution >= 0.6 is 0 Å². The Labute approximate surface area is 224 Å². The van der Waals surface area contributed by atoms with E-state index in [1.165, 1.54) is 0 Å². The second-order valence-corrected chi connectivity index (χ2v) is 24.2. The zero-order valence-electron chi connectivity index (χ0n) is 21.5. The van der Waals surface area contributed by atoms with Gasteiger partial charge in [0, 0.05) is 11.1 Å². The first kappa shape index (κ1) is 25.8. The molecule has 0 saturated heterocycles. The summed E-state index contributed by atoms with van der Waals surface area (Å²) in [7, 11) is -2.08. The Bertz CT molecular complexity index is 1420. The van der Waals surface area contributed by atoms with Gasteiger partial charge >= 0.3 is 113 Å². The van der Waals surface area contributed by atoms with Crippen molar-refractivity contribution in [3.8, 4) is 23.0 Å². The summed E-state index contributed by atoms with van der Waals surface area (Å²) in [5.41, 5.74) is 2.74. The van der Waals surface area contributed by atoms with Gasteiger partial charge in [0.25, 0.3) is 0 Å². The molecule has 6 nitrogen and oxygen atoms in total. The predicted molar refractivity (Wildman–Crippen MR) is 153 cm³/mol. The van der Waals surface area contributed by atoms with Crippen molar-refractivity contribution in [2.24, 2.45) is 0 Å². The molecule has 2 aliphatic rings. The quantitative estimate of drug-likeness (QED) is 0.236. The number of hydrogen-bond donors (Lipinski definition) is 4. The Morgan fingerprint density at radius 1 is 0.526 bits per heavy atom. The average molecular weight is 585 g/mol. The summed E-state index contributed by atoms with van der Waals surface area (Å²) in [5.74, 6) is 5.02. The van der Waals surface area contributed by atoms with Crippen LogP contribution in [0, 0.1) is 0 Å². The van der Waals surface area contributed by atoms with Gasteiger partial charge < -0.3 is 10.2 Å². The number of phenols is 4. The van der Waals surface area contributed by atoms with Crippen LogP contribution in [0.2, 0.25) is 24.6 Å². The number of benzene rings is 4. The molecule has 4 aromatic rings. The summed E-state index contributed by atoms with van der Waals surface area (Å²) in [5, 5.41) is 40.6. The molecule has 0 bridgehead atoms. The molecule has 0 saturated carbocycles. The van der Waals surface area contributed by atoms with Gasteiger partial charge in [0.05, 0.1) is 0 Å². The van der Waals surface area contributed by atoms with Crippen LogP contribution in [0.5, 0.6) is 23.0 Å². The molecular formula is C30H28GeO6Si. The van der Waals surface area contributed by atoms with Crippen molar-refractivity contribution < 1.29 is 30.0 Å². The van der Waals surface area contributed by atoms with E-state index in [4.69, 9.17) is 0 Å². The van der Waals surface area contributed by atoms with Gasteiger partial charge in [-0.3, -0.25) is 4.79 Å². The van der Waals surface area contributed by atoms with E-state index in [0.29, 0.717) is 22.3 Å². The first-order valence-corrected chi connectivity index (χ1v) is 21.5. The van der Waals surface area contributed by atoms with E-state index in [-0.39, 0.29) is 34.6 Å². The zero-order valence-corrected chi connectivity index (χ0v) is 24.6. The maximum absolute atomic E-state index is 12.5. The van der Waals surface area contributed by atoms with Crippen molar-refractivity contribution in [3.05, 3.63) is 95.1 Å². The van der Waals surface area contributed by atoms with E-state index >= 15 is 0 Å². The van der Waals surface area contributed by atoms with Crippen molar-refractivity contribution in [2.75, 3.05) is 0 Å². The van der Waals surface area contributed by atoms with E-state index in [0.717, 1.165) is 19.2 Å². The SMILES string of the molecule is C[Si]1(C)c2cc(O)ccc2C(=O)c2ccc(O)cc21.[CH3][Ge]1([CH3])[c]2cc(O)ccc2C(=O)c2ccc(O)c[c]21. The molecule has 4 N–H and O–H groups in total. The van der Waals surface area contributed by atoms with Crippen molar-refractivity contribution in [2.45, 2.75) is 24.6 Å². The molecule has 0 amide bonds. The van der Waals surface area contributed by atoms with Crippen LogP contribution in [-0.2, 0) is 0 Å². The summed E-state index contributed by atoms with van der Waals surface area (Å²) < 4.78 is 1.95. The molecule has 0 aromatic heterocycles. The molecule has 2 heterocycles. The third-order valence-electron chi connectivity index (χ3n) is 7.68. The minimum atomic E-state index is -2.65. The monoisotopic (exact) mass is 586 g/mol. The molecule has 6 rings (SSSR count). The molecule has 2 aliphatic heterocycles. The Morgan fingerprint density at radius 3 is 1.24 bits per heavy atom. The van der Waals surface area contributed by atoms with Gasteiger partial charge in [0.15, 0.2) is 5.78 Å². The topological polar surface area (TPSA) is 115 Å². The second kappa shape index (κ2) is 8.89. The van der Waals surface area contributed by atoms with Gasteiger partial charge in [-0.25, -0.2) is 0 Å². The standard InChI is InChI=1S/C15H14GeO3.C15H14O3Si/c1-16(2)13-7-9(17)3-5-11(13)15(19)12-6-4-10(18)8-14(12)16;1-19(2)13-7-9(16)3-5-11(13)15(18)12-6-4-10(17)8-14(12)19/h3-8,17-18H,1-2H3;3-8,16-17H,1-2H3. The summed E-state index contributed by atoms with van der Waals surface area (Å²) in [6.45, 7) is 4.24. The summed E-state index contributed by atoms with van der Waals surface area (Å²) in [4.78, 5) is 25.0. The maximum atomic E-state index is 12.5. The van der Waals surface area contributed by atoms with E-state index in [1.807, 2.05) is 0 Å². The Morgan fingerprint density at radius 2 is 0.842 bits per heavy atom. The van der Waals surface area contributed by atoms with Gasteiger partial charge in [0.2, 0.25) is 0 Å². The van der Waals surface area contributed by atoms with Crippen LogP contribution in [0.3, 0.4) is 0 Å². The summed E-state index contributed by atoms with van der Waals surface area (Å²) >= 11 is -2.65. The van der Waals surface area contributed by atoms with Gasteiger partial charge in [-0.1, -0.05) is 13.1 Å². The Balaban J connectivity index is 0.000000155. The van der Waals surface area contributed by atoms with E-state index in [9.17, 15) is 30.0 Å². The summed E-state index contributed by atoms with van der Waals surface area (Å²) in [6.07, 6.45) is 0. The molecule has 0 radical (unpaired) electrons. The third kappa shape index (κ3) is 4.02. The van der Waals surface area contributed by atoms with Crippen LogP contribution in [0.15, 0.2) is 72.8 Å². The Hall–Kier alpha value is -3.82. The fourth-order valence-corrected chi connectivity index (χ4v) is 15.0. The first-order chi connectivity index (χ1) is 17.8. The van der Waals surface area contributed by atoms with Crippen LogP contribution in [-0.4, -0.2) is 53.3 Å². The van der Waals surface area contributed by atoms with E-state index in [1.54, 1.807) is 72.8 Å². The van der Waals surface area contributed by atoms with Crippen LogP contribution in [0.4, 0.5) is 0 Å². The van der Waals surface area contributed by atoms with Crippen molar-refractivity contribution >= 4 is 52.1 Å². The average Bonchev–Trinajstić information content (AvgIpc) is 2.87. The number of aromatic hydroxyl groups is 4. The molecule has 192 valence electrons. The van der Waals surface area contributed by atoms with Crippen molar-refractivity contribution in [1.82, 2.24) is 0 Å². The molecular weight excluding hydrogens is 557 g/mol. The third-order valence-corrected chi connectivity index (χ3v) is 18.6. The minimum absolute atomic E-state index is 0.0186. The second-order valence-electron chi connectivity index (χ2n) is 10.8. The molecule has 0 unspecified atom stereocenters. The number of hydrogen-bond acceptors (Lipinski definition) is 6. The van der Waals surface area contributed by atoms with Crippen LogP contribution in [0.25, 0.3) is 0 Å². The molecule has 0 spiro atoms. The molecule has 38 heavy (non-hydrogen) atoms. The molecule has 0 atom stereocenters. The molecule has 0 fully saturated rings. The van der Waals surface area contributed by atoms with Gasteiger partial charge in [-0.05, 0) is 46.8 Å². The first-order valence-electron chi connectivity index (χ1n) is 12.3. The molecule has 4 aromatic carbocycles.